The van der Waals surface area contributed by atoms with Crippen molar-refractivity contribution in [3.63, 3.8) is 0 Å². The molecule has 0 aliphatic rings. The average Bonchev–Trinajstić information content (AvgIpc) is 2.49. The van der Waals surface area contributed by atoms with Crippen LogP contribution in [0.5, 0.6) is 11.5 Å². The first kappa shape index (κ1) is 19.1. The highest BCUT2D eigenvalue weighted by molar-refractivity contribution is 7.80. The second-order valence-electron chi connectivity index (χ2n) is 5.20. The Morgan fingerprint density at radius 1 is 1.43 bits per heavy atom. The van der Waals surface area contributed by atoms with Crippen molar-refractivity contribution in [3.8, 4) is 11.5 Å². The molecule has 5 nitrogen and oxygen atoms in total. The minimum Gasteiger partial charge on any atom is -0.507 e. The predicted molar refractivity (Wildman–Crippen MR) is 91.7 cm³/mol. The average molecular weight is 338 g/mol. The van der Waals surface area contributed by atoms with Crippen LogP contribution >= 0.6 is 12.6 Å². The number of phenols is 1. The van der Waals surface area contributed by atoms with Crippen molar-refractivity contribution in [3.05, 3.63) is 35.9 Å². The standard InChI is InChI=1S/C17H22O5S/c1-3-5-14-15(8-7-13(11(2)18)16(14)19)22-9-4-6-12(10-23)17(20)21/h3,7-8,12,19,23H,1,4-6,9-10H2,2H3,(H,20,21)/t12-/m1/s1. The molecule has 23 heavy (non-hydrogen) atoms. The van der Waals surface area contributed by atoms with E-state index in [1.807, 2.05) is 0 Å². The summed E-state index contributed by atoms with van der Waals surface area (Å²) in [6.45, 7) is 5.34. The van der Waals surface area contributed by atoms with Gasteiger partial charge in [-0.15, -0.1) is 6.58 Å². The fourth-order valence-corrected chi connectivity index (χ4v) is 2.52. The van der Waals surface area contributed by atoms with Crippen molar-refractivity contribution >= 4 is 24.4 Å². The molecule has 0 aliphatic heterocycles. The molecule has 0 spiro atoms. The largest absolute Gasteiger partial charge is 0.507 e. The number of carbonyl (C=O) groups excluding carboxylic acids is 1. The van der Waals surface area contributed by atoms with Gasteiger partial charge < -0.3 is 14.9 Å². The number of allylic oxidation sites excluding steroid dienone is 1. The van der Waals surface area contributed by atoms with Gasteiger partial charge in [-0.25, -0.2) is 0 Å². The molecule has 1 rings (SSSR count). The predicted octanol–water partition coefficient (Wildman–Crippen LogP) is 3.11. The summed E-state index contributed by atoms with van der Waals surface area (Å²) in [6, 6.07) is 3.16. The Morgan fingerprint density at radius 2 is 2.13 bits per heavy atom. The van der Waals surface area contributed by atoms with Gasteiger partial charge in [0.15, 0.2) is 5.78 Å². The van der Waals surface area contributed by atoms with Crippen molar-refractivity contribution in [1.29, 1.82) is 0 Å². The summed E-state index contributed by atoms with van der Waals surface area (Å²) in [6.07, 6.45) is 3.01. The van der Waals surface area contributed by atoms with Gasteiger partial charge in [-0.2, -0.15) is 12.6 Å². The SMILES string of the molecule is C=CCc1c(OCCC[C@H](CS)C(=O)O)ccc(C(C)=O)c1O. The number of benzene rings is 1. The summed E-state index contributed by atoms with van der Waals surface area (Å²) in [7, 11) is 0. The minimum absolute atomic E-state index is 0.0892. The molecule has 1 aromatic rings. The van der Waals surface area contributed by atoms with Gasteiger partial charge in [0.2, 0.25) is 0 Å². The molecule has 1 atom stereocenters. The number of carboxylic acids is 1. The summed E-state index contributed by atoms with van der Waals surface area (Å²) in [5.41, 5.74) is 0.756. The highest BCUT2D eigenvalue weighted by atomic mass is 32.1. The Bertz CT molecular complexity index is 583. The van der Waals surface area contributed by atoms with E-state index in [4.69, 9.17) is 9.84 Å². The second-order valence-corrected chi connectivity index (χ2v) is 5.56. The Labute approximate surface area is 141 Å². The molecule has 2 N–H and O–H groups in total. The van der Waals surface area contributed by atoms with Gasteiger partial charge in [0, 0.05) is 11.3 Å². The Balaban J connectivity index is 2.76. The van der Waals surface area contributed by atoms with Crippen LogP contribution in [0.15, 0.2) is 24.8 Å². The lowest BCUT2D eigenvalue weighted by atomic mass is 10.0. The third kappa shape index (κ3) is 5.32. The number of Topliss-reactive ketones (excluding diaryl/α,β-unsaturated/α-hetero) is 1. The van der Waals surface area contributed by atoms with Gasteiger partial charge >= 0.3 is 5.97 Å². The van der Waals surface area contributed by atoms with E-state index < -0.39 is 11.9 Å². The zero-order chi connectivity index (χ0) is 17.4. The zero-order valence-corrected chi connectivity index (χ0v) is 14.0. The summed E-state index contributed by atoms with van der Waals surface area (Å²) in [4.78, 5) is 22.4. The summed E-state index contributed by atoms with van der Waals surface area (Å²) in [5.74, 6) is -0.916. The molecule has 126 valence electrons. The van der Waals surface area contributed by atoms with Crippen LogP contribution in [0.3, 0.4) is 0 Å². The van der Waals surface area contributed by atoms with E-state index in [0.717, 1.165) is 0 Å². The van der Waals surface area contributed by atoms with Crippen molar-refractivity contribution in [2.45, 2.75) is 26.2 Å². The lowest BCUT2D eigenvalue weighted by Crippen LogP contribution is -2.16. The smallest absolute Gasteiger partial charge is 0.307 e. The number of carboxylic acid groups (broad SMARTS) is 1. The maximum atomic E-state index is 11.5. The van der Waals surface area contributed by atoms with Crippen LogP contribution in [0.1, 0.15) is 35.7 Å². The van der Waals surface area contributed by atoms with E-state index in [1.54, 1.807) is 12.1 Å². The Morgan fingerprint density at radius 3 is 2.65 bits per heavy atom. The van der Waals surface area contributed by atoms with Crippen LogP contribution < -0.4 is 4.74 Å². The summed E-state index contributed by atoms with van der Waals surface area (Å²) >= 11 is 4.02. The number of aromatic hydroxyl groups is 1. The second kappa shape index (κ2) is 9.25. The highest BCUT2D eigenvalue weighted by Crippen LogP contribution is 2.32. The number of ketones is 1. The van der Waals surface area contributed by atoms with Crippen LogP contribution in [0.2, 0.25) is 0 Å². The number of phenolic OH excluding ortho intramolecular Hbond substituents is 1. The van der Waals surface area contributed by atoms with Crippen LogP contribution in [-0.2, 0) is 11.2 Å². The molecule has 0 amide bonds. The van der Waals surface area contributed by atoms with E-state index in [1.165, 1.54) is 13.0 Å². The van der Waals surface area contributed by atoms with Crippen molar-refractivity contribution in [1.82, 2.24) is 0 Å². The van der Waals surface area contributed by atoms with Crippen molar-refractivity contribution in [2.24, 2.45) is 5.92 Å². The summed E-state index contributed by atoms with van der Waals surface area (Å²) in [5, 5.41) is 19.1. The van der Waals surface area contributed by atoms with Gasteiger partial charge in [0.1, 0.15) is 11.5 Å². The molecule has 1 aromatic carbocycles. The lowest BCUT2D eigenvalue weighted by Gasteiger charge is -2.15. The van der Waals surface area contributed by atoms with E-state index >= 15 is 0 Å². The van der Waals surface area contributed by atoms with Gasteiger partial charge in [0.05, 0.1) is 18.1 Å². The molecule has 0 aliphatic carbocycles. The normalized spacial score (nSPS) is 11.7. The molecule has 0 aromatic heterocycles. The van der Waals surface area contributed by atoms with E-state index in [9.17, 15) is 14.7 Å². The van der Waals surface area contributed by atoms with Crippen molar-refractivity contribution < 1.29 is 24.5 Å². The maximum Gasteiger partial charge on any atom is 0.307 e. The number of ether oxygens (including phenoxy) is 1. The zero-order valence-electron chi connectivity index (χ0n) is 13.1. The monoisotopic (exact) mass is 338 g/mol. The number of hydrogen-bond donors (Lipinski definition) is 3. The van der Waals surface area contributed by atoms with Gasteiger partial charge in [-0.1, -0.05) is 6.08 Å². The molecular weight excluding hydrogens is 316 g/mol. The Kier molecular flexibility index (Phi) is 7.68. The number of aliphatic carboxylic acids is 1. The first-order chi connectivity index (χ1) is 10.9. The Hall–Kier alpha value is -1.95. The van der Waals surface area contributed by atoms with Crippen molar-refractivity contribution in [2.75, 3.05) is 12.4 Å². The van der Waals surface area contributed by atoms with E-state index in [0.29, 0.717) is 37.2 Å². The lowest BCUT2D eigenvalue weighted by molar-refractivity contribution is -0.141. The van der Waals surface area contributed by atoms with Gasteiger partial charge in [-0.05, 0) is 38.3 Å². The molecule has 0 radical (unpaired) electrons. The van der Waals surface area contributed by atoms with Crippen LogP contribution in [-0.4, -0.2) is 34.3 Å². The molecule has 0 saturated carbocycles. The molecule has 0 bridgehead atoms. The van der Waals surface area contributed by atoms with Crippen LogP contribution in [0, 0.1) is 5.92 Å². The van der Waals surface area contributed by atoms with Crippen LogP contribution in [0.4, 0.5) is 0 Å². The van der Waals surface area contributed by atoms with E-state index in [2.05, 4.69) is 19.2 Å². The third-order valence-electron chi connectivity index (χ3n) is 3.49. The molecule has 0 saturated heterocycles. The third-order valence-corrected chi connectivity index (χ3v) is 3.93. The number of rotatable bonds is 10. The topological polar surface area (TPSA) is 83.8 Å². The van der Waals surface area contributed by atoms with Crippen LogP contribution in [0.25, 0.3) is 0 Å². The number of thiol groups is 1. The molecule has 6 heteroatoms. The first-order valence-corrected chi connectivity index (χ1v) is 7.98. The summed E-state index contributed by atoms with van der Waals surface area (Å²) < 4.78 is 5.64. The maximum absolute atomic E-state index is 11.5. The molecular formula is C17H22O5S. The first-order valence-electron chi connectivity index (χ1n) is 7.35. The number of hydrogen-bond acceptors (Lipinski definition) is 5. The minimum atomic E-state index is -0.865. The van der Waals surface area contributed by atoms with E-state index in [-0.39, 0.29) is 22.8 Å². The molecule has 0 unspecified atom stereocenters. The highest BCUT2D eigenvalue weighted by Gasteiger charge is 2.17. The fraction of sp³-hybridized carbons (Fsp3) is 0.412. The molecule has 0 fully saturated rings. The van der Waals surface area contributed by atoms with Gasteiger partial charge in [0.25, 0.3) is 0 Å². The van der Waals surface area contributed by atoms with Gasteiger partial charge in [-0.3, -0.25) is 9.59 Å². The molecule has 0 heterocycles. The number of carbonyl (C=O) groups is 2. The quantitative estimate of drug-likeness (QED) is 0.264. The fourth-order valence-electron chi connectivity index (χ4n) is 2.18.